The number of halogens is 2. The van der Waals surface area contributed by atoms with E-state index >= 15 is 0 Å². The Balaban J connectivity index is 1.46. The number of nitrogens with zero attached hydrogens (tertiary/aromatic N) is 2. The Morgan fingerprint density at radius 3 is 1.27 bits per heavy atom. The Hall–Kier alpha value is -1.72. The van der Waals surface area contributed by atoms with E-state index in [-0.39, 0.29) is 11.6 Å². The first kappa shape index (κ1) is 19.1. The maximum absolute atomic E-state index is 12.3. The van der Waals surface area contributed by atoms with E-state index in [2.05, 4.69) is 9.80 Å². The lowest BCUT2D eigenvalue weighted by molar-refractivity contribution is 0.0783. The minimum atomic E-state index is 0.0901. The Bertz CT molecular complexity index is 700. The number of piperazine rings is 1. The molecule has 4 nitrogen and oxygen atoms in total. The van der Waals surface area contributed by atoms with Gasteiger partial charge >= 0.3 is 0 Å². The highest BCUT2D eigenvalue weighted by Crippen LogP contribution is 2.13. The monoisotopic (exact) mass is 390 g/mol. The van der Waals surface area contributed by atoms with Gasteiger partial charge in [-0.1, -0.05) is 23.2 Å². The van der Waals surface area contributed by atoms with Crippen LogP contribution in [0.2, 0.25) is 10.0 Å². The molecule has 0 bridgehead atoms. The highest BCUT2D eigenvalue weighted by atomic mass is 35.5. The summed E-state index contributed by atoms with van der Waals surface area (Å²) in [6.45, 7) is 3.86. The van der Waals surface area contributed by atoms with Crippen molar-refractivity contribution in [2.75, 3.05) is 39.3 Å². The van der Waals surface area contributed by atoms with Crippen molar-refractivity contribution >= 4 is 34.8 Å². The van der Waals surface area contributed by atoms with Crippen LogP contribution in [-0.2, 0) is 0 Å². The molecule has 136 valence electrons. The average Bonchev–Trinajstić information content (AvgIpc) is 2.64. The van der Waals surface area contributed by atoms with Gasteiger partial charge in [0.15, 0.2) is 11.6 Å². The van der Waals surface area contributed by atoms with E-state index in [1.165, 1.54) is 0 Å². The van der Waals surface area contributed by atoms with Crippen LogP contribution < -0.4 is 0 Å². The van der Waals surface area contributed by atoms with Crippen molar-refractivity contribution in [3.63, 3.8) is 0 Å². The zero-order valence-electron chi connectivity index (χ0n) is 14.3. The van der Waals surface area contributed by atoms with Crippen molar-refractivity contribution in [1.29, 1.82) is 0 Å². The van der Waals surface area contributed by atoms with E-state index in [4.69, 9.17) is 23.2 Å². The SMILES string of the molecule is O=C(CN1CCN(CC(=O)c2ccc(Cl)cc2)CC1)c1ccc(Cl)cc1. The molecule has 0 radical (unpaired) electrons. The van der Waals surface area contributed by atoms with Gasteiger partial charge in [-0.15, -0.1) is 0 Å². The molecule has 2 aromatic carbocycles. The fourth-order valence-electron chi connectivity index (χ4n) is 2.97. The van der Waals surface area contributed by atoms with Crippen LogP contribution in [0.4, 0.5) is 0 Å². The van der Waals surface area contributed by atoms with Gasteiger partial charge in [-0.25, -0.2) is 0 Å². The number of hydrogen-bond donors (Lipinski definition) is 0. The fraction of sp³-hybridized carbons (Fsp3) is 0.300. The number of rotatable bonds is 6. The smallest absolute Gasteiger partial charge is 0.176 e. The van der Waals surface area contributed by atoms with Crippen LogP contribution in [-0.4, -0.2) is 60.6 Å². The molecule has 0 amide bonds. The van der Waals surface area contributed by atoms with E-state index < -0.39 is 0 Å². The van der Waals surface area contributed by atoms with Crippen LogP contribution in [0.3, 0.4) is 0 Å². The minimum absolute atomic E-state index is 0.0901. The van der Waals surface area contributed by atoms with Gasteiger partial charge in [-0.2, -0.15) is 0 Å². The zero-order valence-corrected chi connectivity index (χ0v) is 15.8. The van der Waals surface area contributed by atoms with Gasteiger partial charge in [-0.3, -0.25) is 19.4 Å². The third kappa shape index (κ3) is 5.15. The molecule has 1 aliphatic rings. The Morgan fingerprint density at radius 2 is 0.962 bits per heavy atom. The maximum Gasteiger partial charge on any atom is 0.176 e. The topological polar surface area (TPSA) is 40.6 Å². The summed E-state index contributed by atoms with van der Waals surface area (Å²) in [5.74, 6) is 0.180. The predicted octanol–water partition coefficient (Wildman–Crippen LogP) is 3.68. The molecular weight excluding hydrogens is 371 g/mol. The largest absolute Gasteiger partial charge is 0.293 e. The summed E-state index contributed by atoms with van der Waals surface area (Å²) in [5, 5.41) is 1.25. The van der Waals surface area contributed by atoms with Crippen molar-refractivity contribution in [3.8, 4) is 0 Å². The summed E-state index contributed by atoms with van der Waals surface area (Å²) in [4.78, 5) is 28.9. The molecule has 1 fully saturated rings. The molecular formula is C20H20Cl2N2O2. The van der Waals surface area contributed by atoms with Gasteiger partial charge < -0.3 is 0 Å². The van der Waals surface area contributed by atoms with Crippen LogP contribution in [0, 0.1) is 0 Å². The van der Waals surface area contributed by atoms with Gasteiger partial charge in [0.25, 0.3) is 0 Å². The quantitative estimate of drug-likeness (QED) is 0.705. The molecule has 0 spiro atoms. The van der Waals surface area contributed by atoms with Crippen molar-refractivity contribution in [2.24, 2.45) is 0 Å². The molecule has 26 heavy (non-hydrogen) atoms. The number of carbonyl (C=O) groups excluding carboxylic acids is 2. The maximum atomic E-state index is 12.3. The standard InChI is InChI=1S/C20H20Cl2N2O2/c21-17-5-1-15(2-6-17)19(25)13-23-9-11-24(12-10-23)14-20(26)16-3-7-18(22)8-4-16/h1-8H,9-14H2. The molecule has 2 aromatic rings. The Morgan fingerprint density at radius 1 is 0.654 bits per heavy atom. The minimum Gasteiger partial charge on any atom is -0.293 e. The second-order valence-corrected chi connectivity index (χ2v) is 7.29. The third-order valence-corrected chi connectivity index (χ3v) is 5.04. The van der Waals surface area contributed by atoms with Crippen LogP contribution in [0.15, 0.2) is 48.5 Å². The average molecular weight is 391 g/mol. The number of benzene rings is 2. The fourth-order valence-corrected chi connectivity index (χ4v) is 3.22. The summed E-state index contributed by atoms with van der Waals surface area (Å²) in [5.41, 5.74) is 1.35. The number of hydrogen-bond acceptors (Lipinski definition) is 4. The van der Waals surface area contributed by atoms with E-state index in [1.54, 1.807) is 48.5 Å². The number of carbonyl (C=O) groups is 2. The van der Waals surface area contributed by atoms with Crippen LogP contribution in [0.25, 0.3) is 0 Å². The lowest BCUT2D eigenvalue weighted by Gasteiger charge is -2.33. The van der Waals surface area contributed by atoms with Gasteiger partial charge in [0, 0.05) is 47.4 Å². The number of Topliss-reactive ketones (excluding diaryl/α,β-unsaturated/α-hetero) is 2. The van der Waals surface area contributed by atoms with E-state index in [1.807, 2.05) is 0 Å². The van der Waals surface area contributed by atoms with Crippen molar-refractivity contribution in [3.05, 3.63) is 69.7 Å². The van der Waals surface area contributed by atoms with Crippen LogP contribution in [0.1, 0.15) is 20.7 Å². The summed E-state index contributed by atoms with van der Waals surface area (Å²) >= 11 is 11.7. The van der Waals surface area contributed by atoms with Gasteiger partial charge in [0.1, 0.15) is 0 Å². The van der Waals surface area contributed by atoms with Crippen molar-refractivity contribution in [1.82, 2.24) is 9.80 Å². The summed E-state index contributed by atoms with van der Waals surface area (Å²) in [7, 11) is 0. The van der Waals surface area contributed by atoms with E-state index in [0.717, 1.165) is 26.2 Å². The molecule has 0 atom stereocenters. The van der Waals surface area contributed by atoms with E-state index in [0.29, 0.717) is 34.3 Å². The van der Waals surface area contributed by atoms with Gasteiger partial charge in [-0.05, 0) is 48.5 Å². The van der Waals surface area contributed by atoms with Gasteiger partial charge in [0.2, 0.25) is 0 Å². The molecule has 3 rings (SSSR count). The van der Waals surface area contributed by atoms with E-state index in [9.17, 15) is 9.59 Å². The normalized spacial score (nSPS) is 15.8. The molecule has 1 saturated heterocycles. The molecule has 0 aliphatic carbocycles. The Kier molecular flexibility index (Phi) is 6.43. The first-order chi connectivity index (χ1) is 12.5. The zero-order chi connectivity index (χ0) is 18.5. The summed E-state index contributed by atoms with van der Waals surface area (Å²) in [6, 6.07) is 13.9. The first-order valence-electron chi connectivity index (χ1n) is 8.53. The predicted molar refractivity (Wildman–Crippen MR) is 104 cm³/mol. The first-order valence-corrected chi connectivity index (χ1v) is 9.29. The van der Waals surface area contributed by atoms with Crippen molar-refractivity contribution < 1.29 is 9.59 Å². The molecule has 0 aromatic heterocycles. The third-order valence-electron chi connectivity index (χ3n) is 4.53. The van der Waals surface area contributed by atoms with Crippen LogP contribution >= 0.6 is 23.2 Å². The number of ketones is 2. The Labute approximate surface area is 163 Å². The second kappa shape index (κ2) is 8.78. The lowest BCUT2D eigenvalue weighted by atomic mass is 10.1. The van der Waals surface area contributed by atoms with Crippen molar-refractivity contribution in [2.45, 2.75) is 0 Å². The summed E-state index contributed by atoms with van der Waals surface area (Å²) < 4.78 is 0. The highest BCUT2D eigenvalue weighted by Gasteiger charge is 2.21. The highest BCUT2D eigenvalue weighted by molar-refractivity contribution is 6.31. The van der Waals surface area contributed by atoms with Crippen LogP contribution in [0.5, 0.6) is 0 Å². The summed E-state index contributed by atoms with van der Waals surface area (Å²) in [6.07, 6.45) is 0. The molecule has 6 heteroatoms. The molecule has 0 unspecified atom stereocenters. The van der Waals surface area contributed by atoms with Gasteiger partial charge in [0.05, 0.1) is 13.1 Å². The molecule has 1 heterocycles. The molecule has 0 saturated carbocycles. The molecule has 1 aliphatic heterocycles. The molecule has 0 N–H and O–H groups in total. The second-order valence-electron chi connectivity index (χ2n) is 6.41. The lowest BCUT2D eigenvalue weighted by Crippen LogP contribution is -2.49.